The molecular weight excluding hydrogens is 613 g/mol. The van der Waals surface area contributed by atoms with Crippen LogP contribution in [-0.4, -0.2) is 61.9 Å². The van der Waals surface area contributed by atoms with Gasteiger partial charge in [-0.25, -0.2) is 24.0 Å². The zero-order valence-corrected chi connectivity index (χ0v) is 27.4. The van der Waals surface area contributed by atoms with Gasteiger partial charge in [0.05, 0.1) is 42.9 Å². The molecule has 1 aliphatic carbocycles. The average Bonchev–Trinajstić information content (AvgIpc) is 3.72. The molecule has 0 spiro atoms. The van der Waals surface area contributed by atoms with Crippen LogP contribution in [0, 0.1) is 0 Å². The zero-order valence-electron chi connectivity index (χ0n) is 27.4. The molecule has 1 atom stereocenters. The lowest BCUT2D eigenvalue weighted by atomic mass is 10.1. The highest BCUT2D eigenvalue weighted by molar-refractivity contribution is 5.98. The van der Waals surface area contributed by atoms with Gasteiger partial charge >= 0.3 is 0 Å². The van der Waals surface area contributed by atoms with Gasteiger partial charge in [0.2, 0.25) is 0 Å². The van der Waals surface area contributed by atoms with Gasteiger partial charge in [-0.1, -0.05) is 25.2 Å². The van der Waals surface area contributed by atoms with Crippen molar-refractivity contribution in [2.75, 3.05) is 32.2 Å². The summed E-state index contributed by atoms with van der Waals surface area (Å²) in [5, 5.41) is 5.65. The summed E-state index contributed by atoms with van der Waals surface area (Å²) >= 11 is 0. The third-order valence-corrected chi connectivity index (χ3v) is 8.25. The van der Waals surface area contributed by atoms with Crippen LogP contribution in [0.1, 0.15) is 51.3 Å². The molecule has 4 aromatic rings. The topological polar surface area (TPSA) is 124 Å². The lowest BCUT2D eigenvalue weighted by Gasteiger charge is -2.22. The molecule has 0 saturated carbocycles. The highest BCUT2D eigenvalue weighted by Gasteiger charge is 2.24. The Balaban J connectivity index is 1.08. The standard InChI is InChI=1S/C36H42FN7O4/c1-3-5-25(6-4-2)21-46-16-13-43-24-39-20-29(43)22-47-31-17-27(37)18-32(19-31)48-30-9-7-26(8-10-30)34-33-35(38)40-23-41-36(33)44(42-34)28-11-14-45-15-12-28/h3,5-10,17,19-20,23-24,27-28H,4,11-16,18,21-22H2,1-2H3,(H2,38,40,41). The molecule has 2 N–H and O–H groups in total. The number of halogens is 1. The van der Waals surface area contributed by atoms with Crippen LogP contribution in [-0.2, 0) is 27.4 Å². The quantitative estimate of drug-likeness (QED) is 0.117. The van der Waals surface area contributed by atoms with E-state index in [4.69, 9.17) is 29.8 Å². The van der Waals surface area contributed by atoms with E-state index < -0.39 is 6.17 Å². The number of benzene rings is 1. The van der Waals surface area contributed by atoms with Crippen LogP contribution in [0.5, 0.6) is 5.75 Å². The smallest absolute Gasteiger partial charge is 0.164 e. The van der Waals surface area contributed by atoms with E-state index >= 15 is 0 Å². The van der Waals surface area contributed by atoms with E-state index in [1.807, 2.05) is 46.5 Å². The Morgan fingerprint density at radius 1 is 1.17 bits per heavy atom. The summed E-state index contributed by atoms with van der Waals surface area (Å²) < 4.78 is 42.2. The van der Waals surface area contributed by atoms with Crippen molar-refractivity contribution in [2.24, 2.45) is 0 Å². The van der Waals surface area contributed by atoms with Gasteiger partial charge in [-0.05, 0) is 62.1 Å². The SMILES string of the molecule is CC=CC(=CCC)COCCn1cncc1COC1=CC(F)CC(Oc2ccc(-c3nn(C4CCOCC4)c4ncnc(N)c34)cc2)=C1. The maximum atomic E-state index is 14.8. The summed E-state index contributed by atoms with van der Waals surface area (Å²) in [6.45, 7) is 7.42. The number of ether oxygens (including phenoxy) is 4. The second kappa shape index (κ2) is 15.9. The number of hydrogen-bond acceptors (Lipinski definition) is 9. The average molecular weight is 656 g/mol. The fraction of sp³-hybridized carbons (Fsp3) is 0.389. The van der Waals surface area contributed by atoms with Crippen LogP contribution < -0.4 is 10.5 Å². The third-order valence-electron chi connectivity index (χ3n) is 8.25. The Labute approximate surface area is 279 Å². The van der Waals surface area contributed by atoms with E-state index in [9.17, 15) is 4.39 Å². The summed E-state index contributed by atoms with van der Waals surface area (Å²) in [6, 6.07) is 7.66. The Bertz CT molecular complexity index is 1800. The molecule has 4 heterocycles. The summed E-state index contributed by atoms with van der Waals surface area (Å²) in [6.07, 6.45) is 15.9. The van der Waals surface area contributed by atoms with E-state index in [1.54, 1.807) is 18.6 Å². The van der Waals surface area contributed by atoms with E-state index in [2.05, 4.69) is 34.0 Å². The van der Waals surface area contributed by atoms with E-state index in [0.717, 1.165) is 41.5 Å². The normalized spacial score (nSPS) is 17.6. The molecule has 1 fully saturated rings. The molecule has 2 aliphatic rings. The number of allylic oxidation sites excluding steroid dienone is 5. The van der Waals surface area contributed by atoms with Crippen LogP contribution in [0.25, 0.3) is 22.3 Å². The van der Waals surface area contributed by atoms with Gasteiger partial charge in [-0.3, -0.25) is 0 Å². The summed E-state index contributed by atoms with van der Waals surface area (Å²) in [5.41, 5.74) is 10.6. The fourth-order valence-electron chi connectivity index (χ4n) is 5.90. The lowest BCUT2D eigenvalue weighted by molar-refractivity contribution is 0.0674. The van der Waals surface area contributed by atoms with E-state index in [0.29, 0.717) is 67.4 Å². The van der Waals surface area contributed by atoms with Crippen molar-refractivity contribution in [3.05, 3.63) is 96.3 Å². The summed E-state index contributed by atoms with van der Waals surface area (Å²) in [4.78, 5) is 13.0. The number of aromatic nitrogens is 6. The Morgan fingerprint density at radius 2 is 2.00 bits per heavy atom. The molecule has 252 valence electrons. The molecule has 11 nitrogen and oxygen atoms in total. The van der Waals surface area contributed by atoms with Gasteiger partial charge in [-0.2, -0.15) is 5.10 Å². The first-order valence-electron chi connectivity index (χ1n) is 16.4. The van der Waals surface area contributed by atoms with Crippen LogP contribution in [0.4, 0.5) is 10.2 Å². The monoisotopic (exact) mass is 655 g/mol. The molecule has 1 saturated heterocycles. The van der Waals surface area contributed by atoms with Crippen LogP contribution in [0.2, 0.25) is 0 Å². The molecule has 6 rings (SSSR count). The number of anilines is 1. The highest BCUT2D eigenvalue weighted by Crippen LogP contribution is 2.35. The van der Waals surface area contributed by atoms with Gasteiger partial charge in [0.25, 0.3) is 0 Å². The first kappa shape index (κ1) is 33.1. The summed E-state index contributed by atoms with van der Waals surface area (Å²) in [5.74, 6) is 1.83. The number of rotatable bonds is 14. The lowest BCUT2D eigenvalue weighted by Crippen LogP contribution is -2.20. The zero-order chi connectivity index (χ0) is 33.3. The van der Waals surface area contributed by atoms with Crippen LogP contribution >= 0.6 is 0 Å². The van der Waals surface area contributed by atoms with Crippen molar-refractivity contribution >= 4 is 16.9 Å². The van der Waals surface area contributed by atoms with Gasteiger partial charge in [-0.15, -0.1) is 0 Å². The second-order valence-corrected chi connectivity index (χ2v) is 11.7. The third kappa shape index (κ3) is 8.00. The fourth-order valence-corrected chi connectivity index (χ4v) is 5.90. The molecule has 1 aliphatic heterocycles. The van der Waals surface area contributed by atoms with Crippen molar-refractivity contribution in [1.82, 2.24) is 29.3 Å². The first-order chi connectivity index (χ1) is 23.5. The molecule has 12 heteroatoms. The minimum Gasteiger partial charge on any atom is -0.487 e. The van der Waals surface area contributed by atoms with Crippen molar-refractivity contribution < 1.29 is 23.3 Å². The van der Waals surface area contributed by atoms with Gasteiger partial charge in [0.1, 0.15) is 47.9 Å². The number of hydrogen-bond donors (Lipinski definition) is 1. The molecule has 0 amide bonds. The number of nitrogens with two attached hydrogens (primary N) is 1. The largest absolute Gasteiger partial charge is 0.487 e. The van der Waals surface area contributed by atoms with E-state index in [-0.39, 0.29) is 19.1 Å². The number of nitrogen functional groups attached to an aromatic ring is 1. The molecule has 1 unspecified atom stereocenters. The predicted octanol–water partition coefficient (Wildman–Crippen LogP) is 6.66. The second-order valence-electron chi connectivity index (χ2n) is 11.7. The van der Waals surface area contributed by atoms with Gasteiger partial charge in [0.15, 0.2) is 5.65 Å². The molecular formula is C36H42FN7O4. The Morgan fingerprint density at radius 3 is 2.79 bits per heavy atom. The maximum absolute atomic E-state index is 14.8. The molecule has 48 heavy (non-hydrogen) atoms. The molecule has 0 bridgehead atoms. The molecule has 1 aromatic carbocycles. The minimum atomic E-state index is -1.23. The Kier molecular flexibility index (Phi) is 10.9. The van der Waals surface area contributed by atoms with Crippen molar-refractivity contribution in [3.63, 3.8) is 0 Å². The maximum Gasteiger partial charge on any atom is 0.164 e. The summed E-state index contributed by atoms with van der Waals surface area (Å²) in [7, 11) is 0. The molecule has 0 radical (unpaired) electrons. The number of imidazole rings is 1. The van der Waals surface area contributed by atoms with Crippen molar-refractivity contribution in [3.8, 4) is 17.0 Å². The highest BCUT2D eigenvalue weighted by atomic mass is 19.1. The first-order valence-corrected chi connectivity index (χ1v) is 16.4. The van der Waals surface area contributed by atoms with E-state index in [1.165, 1.54) is 12.4 Å². The minimum absolute atomic E-state index is 0.111. The van der Waals surface area contributed by atoms with Gasteiger partial charge in [0, 0.05) is 37.8 Å². The van der Waals surface area contributed by atoms with Crippen molar-refractivity contribution in [2.45, 2.75) is 64.9 Å². The van der Waals surface area contributed by atoms with Crippen molar-refractivity contribution in [1.29, 1.82) is 0 Å². The number of alkyl halides is 1. The van der Waals surface area contributed by atoms with Crippen LogP contribution in [0.3, 0.4) is 0 Å². The van der Waals surface area contributed by atoms with Crippen LogP contribution in [0.15, 0.2) is 90.6 Å². The van der Waals surface area contributed by atoms with Gasteiger partial charge < -0.3 is 29.2 Å². The predicted molar refractivity (Wildman–Crippen MR) is 182 cm³/mol. The number of nitrogens with zero attached hydrogens (tertiary/aromatic N) is 6. The molecule has 3 aromatic heterocycles. The number of fused-ring (bicyclic) bond motifs is 1. The Hall–Kier alpha value is -4.81.